The molecule has 0 saturated heterocycles. The lowest BCUT2D eigenvalue weighted by Gasteiger charge is -2.08. The molecule has 0 aliphatic rings. The third-order valence-electron chi connectivity index (χ3n) is 2.62. The van der Waals surface area contributed by atoms with E-state index in [0.717, 1.165) is 5.56 Å². The third-order valence-corrected chi connectivity index (χ3v) is 4.41. The van der Waals surface area contributed by atoms with E-state index in [9.17, 15) is 12.8 Å². The van der Waals surface area contributed by atoms with E-state index in [1.165, 1.54) is 12.1 Å². The maximum absolute atomic E-state index is 13.3. The van der Waals surface area contributed by atoms with Gasteiger partial charge in [0.2, 0.25) is 0 Å². The monoisotopic (exact) mass is 289 g/mol. The maximum atomic E-state index is 13.3. The highest BCUT2D eigenvalue weighted by molar-refractivity contribution is 7.91. The molecule has 1 rings (SSSR count). The van der Waals surface area contributed by atoms with Gasteiger partial charge in [-0.1, -0.05) is 6.92 Å². The average Bonchev–Trinajstić information content (AvgIpc) is 2.34. The molecular formula is C13H20FNO3S. The van der Waals surface area contributed by atoms with E-state index >= 15 is 0 Å². The highest BCUT2D eigenvalue weighted by Crippen LogP contribution is 2.16. The van der Waals surface area contributed by atoms with Gasteiger partial charge in [0, 0.05) is 18.4 Å². The zero-order chi connectivity index (χ0) is 14.3. The van der Waals surface area contributed by atoms with Crippen LogP contribution in [0, 0.1) is 5.82 Å². The van der Waals surface area contributed by atoms with E-state index in [4.69, 9.17) is 4.74 Å². The van der Waals surface area contributed by atoms with Crippen molar-refractivity contribution < 1.29 is 17.5 Å². The van der Waals surface area contributed by atoms with E-state index in [1.807, 2.05) is 0 Å². The molecule has 0 spiro atoms. The number of sulfone groups is 1. The van der Waals surface area contributed by atoms with Crippen LogP contribution in [0.1, 0.15) is 18.9 Å². The predicted molar refractivity (Wildman–Crippen MR) is 73.6 cm³/mol. The van der Waals surface area contributed by atoms with Gasteiger partial charge in [-0.05, 0) is 31.2 Å². The molecule has 0 radical (unpaired) electrons. The first-order valence-corrected chi connectivity index (χ1v) is 8.06. The molecule has 1 aromatic rings. The first-order chi connectivity index (χ1) is 8.96. The molecule has 0 unspecified atom stereocenters. The number of hydrogen-bond donors (Lipinski definition) is 1. The zero-order valence-electron chi connectivity index (χ0n) is 11.3. The van der Waals surface area contributed by atoms with Gasteiger partial charge in [-0.25, -0.2) is 12.8 Å². The van der Waals surface area contributed by atoms with Crippen LogP contribution >= 0.6 is 0 Å². The average molecular weight is 289 g/mol. The van der Waals surface area contributed by atoms with E-state index in [2.05, 4.69) is 5.32 Å². The highest BCUT2D eigenvalue weighted by atomic mass is 32.2. The Hall–Kier alpha value is -1.14. The summed E-state index contributed by atoms with van der Waals surface area (Å²) in [6, 6.07) is 4.48. The predicted octanol–water partition coefficient (Wildman–Crippen LogP) is 1.75. The zero-order valence-corrected chi connectivity index (χ0v) is 12.1. The van der Waals surface area contributed by atoms with Crippen molar-refractivity contribution in [1.29, 1.82) is 0 Å². The summed E-state index contributed by atoms with van der Waals surface area (Å²) in [7, 11) is -1.18. The van der Waals surface area contributed by atoms with Crippen LogP contribution in [0.3, 0.4) is 0 Å². The highest BCUT2D eigenvalue weighted by Gasteiger charge is 2.07. The number of nitrogens with one attached hydrogen (secondary N) is 1. The number of hydrogen-bond acceptors (Lipinski definition) is 4. The molecule has 0 fully saturated rings. The van der Waals surface area contributed by atoms with Gasteiger partial charge in [0.15, 0.2) is 0 Å². The molecule has 108 valence electrons. The van der Waals surface area contributed by atoms with Gasteiger partial charge in [0.1, 0.15) is 21.4 Å². The molecule has 1 N–H and O–H groups in total. The number of halogens is 1. The first kappa shape index (κ1) is 15.9. The topological polar surface area (TPSA) is 55.4 Å². The normalized spacial score (nSPS) is 11.5. The summed E-state index contributed by atoms with van der Waals surface area (Å²) in [5.41, 5.74) is 0.790. The summed E-state index contributed by atoms with van der Waals surface area (Å²) in [6.45, 7) is 2.44. The minimum Gasteiger partial charge on any atom is -0.493 e. The largest absolute Gasteiger partial charge is 0.493 e. The lowest BCUT2D eigenvalue weighted by atomic mass is 10.2. The standard InChI is InChI=1S/C13H20FNO3S/c1-3-19(16,17)6-4-5-18-13-8-11(10-15-2)7-12(14)9-13/h7-9,15H,3-6,10H2,1-2H3. The number of rotatable bonds is 8. The molecule has 6 heteroatoms. The molecule has 0 aromatic heterocycles. The first-order valence-electron chi connectivity index (χ1n) is 6.24. The molecule has 0 aliphatic carbocycles. The molecule has 0 aliphatic heterocycles. The number of ether oxygens (including phenoxy) is 1. The van der Waals surface area contributed by atoms with Crippen molar-refractivity contribution in [3.8, 4) is 5.75 Å². The van der Waals surface area contributed by atoms with E-state index in [0.29, 0.717) is 18.7 Å². The molecule has 19 heavy (non-hydrogen) atoms. The van der Waals surface area contributed by atoms with Gasteiger partial charge >= 0.3 is 0 Å². The quantitative estimate of drug-likeness (QED) is 0.741. The van der Waals surface area contributed by atoms with Crippen molar-refractivity contribution in [1.82, 2.24) is 5.32 Å². The fourth-order valence-corrected chi connectivity index (χ4v) is 2.47. The van der Waals surface area contributed by atoms with Gasteiger partial charge in [-0.15, -0.1) is 0 Å². The van der Waals surface area contributed by atoms with Crippen LogP contribution in [-0.4, -0.2) is 33.6 Å². The van der Waals surface area contributed by atoms with Crippen LogP contribution in [0.2, 0.25) is 0 Å². The second-order valence-electron chi connectivity index (χ2n) is 4.26. The van der Waals surface area contributed by atoms with Gasteiger partial charge in [0.25, 0.3) is 0 Å². The molecule has 0 bridgehead atoms. The Morgan fingerprint density at radius 2 is 2.05 bits per heavy atom. The van der Waals surface area contributed by atoms with Crippen LogP contribution in [-0.2, 0) is 16.4 Å². The van der Waals surface area contributed by atoms with Crippen LogP contribution in [0.25, 0.3) is 0 Å². The summed E-state index contributed by atoms with van der Waals surface area (Å²) in [5, 5.41) is 2.93. The van der Waals surface area contributed by atoms with Crippen LogP contribution < -0.4 is 10.1 Å². The van der Waals surface area contributed by atoms with Crippen molar-refractivity contribution in [3.63, 3.8) is 0 Å². The fraction of sp³-hybridized carbons (Fsp3) is 0.538. The fourth-order valence-electron chi connectivity index (χ4n) is 1.62. The minimum atomic E-state index is -2.96. The summed E-state index contributed by atoms with van der Waals surface area (Å²) in [4.78, 5) is 0. The van der Waals surface area contributed by atoms with Gasteiger partial charge in [-0.3, -0.25) is 0 Å². The lowest BCUT2D eigenvalue weighted by Crippen LogP contribution is -2.12. The summed E-state index contributed by atoms with van der Waals surface area (Å²) >= 11 is 0. The smallest absolute Gasteiger partial charge is 0.150 e. The molecule has 1 aromatic carbocycles. The molecule has 4 nitrogen and oxygen atoms in total. The summed E-state index contributed by atoms with van der Waals surface area (Å²) < 4.78 is 41.2. The SMILES string of the molecule is CCS(=O)(=O)CCCOc1cc(F)cc(CNC)c1. The Kier molecular flexibility index (Phi) is 6.24. The Labute approximate surface area is 113 Å². The van der Waals surface area contributed by atoms with Crippen molar-refractivity contribution in [3.05, 3.63) is 29.6 Å². The summed E-state index contributed by atoms with van der Waals surface area (Å²) in [6.07, 6.45) is 0.411. The Morgan fingerprint density at radius 3 is 2.68 bits per heavy atom. The van der Waals surface area contributed by atoms with E-state index < -0.39 is 9.84 Å². The van der Waals surface area contributed by atoms with Crippen LogP contribution in [0.15, 0.2) is 18.2 Å². The van der Waals surface area contributed by atoms with Crippen LogP contribution in [0.5, 0.6) is 5.75 Å². The van der Waals surface area contributed by atoms with Crippen molar-refractivity contribution in [2.24, 2.45) is 0 Å². The van der Waals surface area contributed by atoms with Gasteiger partial charge in [0.05, 0.1) is 12.4 Å². The Balaban J connectivity index is 2.49. The minimum absolute atomic E-state index is 0.0994. The van der Waals surface area contributed by atoms with Crippen molar-refractivity contribution >= 4 is 9.84 Å². The molecule has 0 atom stereocenters. The maximum Gasteiger partial charge on any atom is 0.150 e. The van der Waals surface area contributed by atoms with Crippen molar-refractivity contribution in [2.75, 3.05) is 25.2 Å². The second-order valence-corrected chi connectivity index (χ2v) is 6.74. The lowest BCUT2D eigenvalue weighted by molar-refractivity contribution is 0.315. The third kappa shape index (κ3) is 6.02. The molecule has 0 saturated carbocycles. The number of benzene rings is 1. The summed E-state index contributed by atoms with van der Waals surface area (Å²) in [5.74, 6) is 0.310. The van der Waals surface area contributed by atoms with E-state index in [-0.39, 0.29) is 23.9 Å². The van der Waals surface area contributed by atoms with Gasteiger partial charge < -0.3 is 10.1 Å². The van der Waals surface area contributed by atoms with Gasteiger partial charge in [-0.2, -0.15) is 0 Å². The Bertz CT molecular complexity index is 503. The molecule has 0 heterocycles. The second kappa shape index (κ2) is 7.45. The Morgan fingerprint density at radius 1 is 1.32 bits per heavy atom. The van der Waals surface area contributed by atoms with Crippen molar-refractivity contribution in [2.45, 2.75) is 19.9 Å². The van der Waals surface area contributed by atoms with Crippen LogP contribution in [0.4, 0.5) is 4.39 Å². The molecule has 0 amide bonds. The van der Waals surface area contributed by atoms with E-state index in [1.54, 1.807) is 20.0 Å². The molecular weight excluding hydrogens is 269 g/mol.